The highest BCUT2D eigenvalue weighted by atomic mass is 16.2. The van der Waals surface area contributed by atoms with Crippen molar-refractivity contribution in [3.8, 4) is 0 Å². The number of carbonyl (C=O) groups excluding carboxylic acids is 1. The highest BCUT2D eigenvalue weighted by Crippen LogP contribution is 2.22. The standard InChI is InChI=1S/C15H31N3O/c1-15(2,3)11-12(16)10-14(19)18(5)13-6-8-17(4)9-7-13/h12-13H,6-11,16H2,1-5H3. The molecule has 1 saturated heterocycles. The molecule has 0 spiro atoms. The number of nitrogens with two attached hydrogens (primary N) is 1. The lowest BCUT2D eigenvalue weighted by atomic mass is 9.87. The van der Waals surface area contributed by atoms with E-state index >= 15 is 0 Å². The van der Waals surface area contributed by atoms with Gasteiger partial charge in [0.2, 0.25) is 5.91 Å². The Labute approximate surface area is 118 Å². The number of nitrogens with zero attached hydrogens (tertiary/aromatic N) is 2. The lowest BCUT2D eigenvalue weighted by molar-refractivity contribution is -0.133. The molecule has 1 rings (SSSR count). The summed E-state index contributed by atoms with van der Waals surface area (Å²) in [6, 6.07) is 0.367. The van der Waals surface area contributed by atoms with E-state index in [-0.39, 0.29) is 17.4 Å². The molecule has 112 valence electrons. The molecule has 2 N–H and O–H groups in total. The van der Waals surface area contributed by atoms with Gasteiger partial charge < -0.3 is 15.5 Å². The lowest BCUT2D eigenvalue weighted by Gasteiger charge is -2.35. The van der Waals surface area contributed by atoms with Crippen LogP contribution in [0.2, 0.25) is 0 Å². The summed E-state index contributed by atoms with van der Waals surface area (Å²) in [6.07, 6.45) is 3.51. The van der Waals surface area contributed by atoms with E-state index in [1.807, 2.05) is 11.9 Å². The van der Waals surface area contributed by atoms with Crippen molar-refractivity contribution in [2.75, 3.05) is 27.2 Å². The summed E-state index contributed by atoms with van der Waals surface area (Å²) in [7, 11) is 4.07. The van der Waals surface area contributed by atoms with Crippen molar-refractivity contribution >= 4 is 5.91 Å². The molecule has 4 heteroatoms. The fourth-order valence-corrected chi connectivity index (χ4v) is 2.81. The van der Waals surface area contributed by atoms with Crippen molar-refractivity contribution in [1.29, 1.82) is 0 Å². The summed E-state index contributed by atoms with van der Waals surface area (Å²) in [5, 5.41) is 0. The summed E-state index contributed by atoms with van der Waals surface area (Å²) >= 11 is 0. The molecule has 0 aromatic carbocycles. The maximum atomic E-state index is 12.3. The number of piperidine rings is 1. The number of carbonyl (C=O) groups is 1. The van der Waals surface area contributed by atoms with Gasteiger partial charge in [-0.15, -0.1) is 0 Å². The predicted octanol–water partition coefficient (Wildman–Crippen LogP) is 1.69. The largest absolute Gasteiger partial charge is 0.343 e. The van der Waals surface area contributed by atoms with E-state index < -0.39 is 0 Å². The summed E-state index contributed by atoms with van der Waals surface area (Å²) in [4.78, 5) is 16.5. The summed E-state index contributed by atoms with van der Waals surface area (Å²) < 4.78 is 0. The third-order valence-corrected chi connectivity index (χ3v) is 3.94. The fraction of sp³-hybridized carbons (Fsp3) is 0.933. The Hall–Kier alpha value is -0.610. The van der Waals surface area contributed by atoms with E-state index in [2.05, 4.69) is 32.7 Å². The number of likely N-dealkylation sites (tertiary alicyclic amines) is 1. The summed E-state index contributed by atoms with van der Waals surface area (Å²) in [5.41, 5.74) is 6.28. The van der Waals surface area contributed by atoms with Crippen molar-refractivity contribution in [2.24, 2.45) is 11.1 Å². The normalized spacial score (nSPS) is 20.3. The topological polar surface area (TPSA) is 49.6 Å². The zero-order valence-electron chi connectivity index (χ0n) is 13.3. The van der Waals surface area contributed by atoms with Crippen LogP contribution >= 0.6 is 0 Å². The number of hydrogen-bond acceptors (Lipinski definition) is 3. The molecule has 1 amide bonds. The minimum Gasteiger partial charge on any atom is -0.343 e. The first-order valence-electron chi connectivity index (χ1n) is 7.39. The second-order valence-electron chi connectivity index (χ2n) is 7.27. The smallest absolute Gasteiger partial charge is 0.224 e. The molecule has 1 aliphatic heterocycles. The van der Waals surface area contributed by atoms with E-state index in [1.54, 1.807) is 0 Å². The fourth-order valence-electron chi connectivity index (χ4n) is 2.81. The van der Waals surface area contributed by atoms with Crippen LogP contribution < -0.4 is 5.73 Å². The highest BCUT2D eigenvalue weighted by molar-refractivity contribution is 5.76. The molecule has 19 heavy (non-hydrogen) atoms. The van der Waals surface area contributed by atoms with Crippen LogP contribution in [0.25, 0.3) is 0 Å². The summed E-state index contributed by atoms with van der Waals surface area (Å²) in [6.45, 7) is 8.65. The molecular weight excluding hydrogens is 238 g/mol. The SMILES string of the molecule is CN1CCC(N(C)C(=O)CC(N)CC(C)(C)C)CC1. The zero-order valence-corrected chi connectivity index (χ0v) is 13.3. The van der Waals surface area contributed by atoms with Crippen molar-refractivity contribution in [3.63, 3.8) is 0 Å². The molecule has 0 bridgehead atoms. The Balaban J connectivity index is 2.40. The number of rotatable bonds is 4. The van der Waals surface area contributed by atoms with Gasteiger partial charge >= 0.3 is 0 Å². The van der Waals surface area contributed by atoms with Gasteiger partial charge in [-0.25, -0.2) is 0 Å². The molecule has 0 saturated carbocycles. The Morgan fingerprint density at radius 2 is 1.89 bits per heavy atom. The van der Waals surface area contributed by atoms with E-state index in [0.29, 0.717) is 12.5 Å². The van der Waals surface area contributed by atoms with Crippen LogP contribution in [0.15, 0.2) is 0 Å². The molecular formula is C15H31N3O. The molecule has 0 radical (unpaired) electrons. The van der Waals surface area contributed by atoms with Crippen LogP contribution in [-0.2, 0) is 4.79 Å². The van der Waals surface area contributed by atoms with Gasteiger partial charge in [0.1, 0.15) is 0 Å². The lowest BCUT2D eigenvalue weighted by Crippen LogP contribution is -2.46. The second kappa shape index (κ2) is 6.71. The molecule has 4 nitrogen and oxygen atoms in total. The Morgan fingerprint density at radius 1 is 1.37 bits per heavy atom. The highest BCUT2D eigenvalue weighted by Gasteiger charge is 2.26. The minimum atomic E-state index is -0.0267. The molecule has 0 aliphatic carbocycles. The average molecular weight is 269 g/mol. The van der Waals surface area contributed by atoms with Crippen molar-refractivity contribution in [3.05, 3.63) is 0 Å². The van der Waals surface area contributed by atoms with Crippen molar-refractivity contribution in [2.45, 2.75) is 58.5 Å². The Bertz CT molecular complexity index is 290. The molecule has 1 atom stereocenters. The Morgan fingerprint density at radius 3 is 2.37 bits per heavy atom. The average Bonchev–Trinajstić information content (AvgIpc) is 2.26. The van der Waals surface area contributed by atoms with Crippen LogP contribution in [0.3, 0.4) is 0 Å². The van der Waals surface area contributed by atoms with Crippen LogP contribution in [0.5, 0.6) is 0 Å². The third-order valence-electron chi connectivity index (χ3n) is 3.94. The van der Waals surface area contributed by atoms with Gasteiger partial charge in [0.05, 0.1) is 0 Å². The van der Waals surface area contributed by atoms with Gasteiger partial charge in [-0.3, -0.25) is 4.79 Å². The first kappa shape index (κ1) is 16.4. The molecule has 1 aliphatic rings. The maximum Gasteiger partial charge on any atom is 0.224 e. The summed E-state index contributed by atoms with van der Waals surface area (Å²) in [5.74, 6) is 0.200. The quantitative estimate of drug-likeness (QED) is 0.845. The first-order valence-corrected chi connectivity index (χ1v) is 7.39. The Kier molecular flexibility index (Phi) is 5.81. The molecule has 1 heterocycles. The molecule has 0 aromatic rings. The number of amides is 1. The van der Waals surface area contributed by atoms with Gasteiger partial charge in [0, 0.05) is 25.6 Å². The van der Waals surface area contributed by atoms with Crippen molar-refractivity contribution < 1.29 is 4.79 Å². The van der Waals surface area contributed by atoms with Crippen molar-refractivity contribution in [1.82, 2.24) is 9.80 Å². The van der Waals surface area contributed by atoms with Gasteiger partial charge in [-0.05, 0) is 44.8 Å². The first-order chi connectivity index (χ1) is 8.69. The maximum absolute atomic E-state index is 12.3. The van der Waals surface area contributed by atoms with Gasteiger partial charge in [0.15, 0.2) is 0 Å². The zero-order chi connectivity index (χ0) is 14.6. The van der Waals surface area contributed by atoms with E-state index in [1.165, 1.54) is 0 Å². The van der Waals surface area contributed by atoms with Gasteiger partial charge in [-0.2, -0.15) is 0 Å². The second-order valence-corrected chi connectivity index (χ2v) is 7.27. The molecule has 1 fully saturated rings. The van der Waals surface area contributed by atoms with E-state index in [0.717, 1.165) is 32.4 Å². The number of hydrogen-bond donors (Lipinski definition) is 1. The van der Waals surface area contributed by atoms with Gasteiger partial charge in [-0.1, -0.05) is 20.8 Å². The third kappa shape index (κ3) is 5.91. The monoisotopic (exact) mass is 269 g/mol. The predicted molar refractivity (Wildman–Crippen MR) is 80.0 cm³/mol. The van der Waals surface area contributed by atoms with E-state index in [4.69, 9.17) is 5.73 Å². The minimum absolute atomic E-state index is 0.0267. The van der Waals surface area contributed by atoms with Crippen LogP contribution in [-0.4, -0.2) is 55.0 Å². The van der Waals surface area contributed by atoms with Gasteiger partial charge in [0.25, 0.3) is 0 Å². The van der Waals surface area contributed by atoms with Crippen LogP contribution in [0.4, 0.5) is 0 Å². The van der Waals surface area contributed by atoms with Crippen LogP contribution in [0.1, 0.15) is 46.5 Å². The van der Waals surface area contributed by atoms with E-state index in [9.17, 15) is 4.79 Å². The van der Waals surface area contributed by atoms with Crippen LogP contribution in [0, 0.1) is 5.41 Å². The molecule has 1 unspecified atom stereocenters. The molecule has 0 aromatic heterocycles.